The highest BCUT2D eigenvalue weighted by atomic mass is 35.5. The zero-order valence-electron chi connectivity index (χ0n) is 9.42. The fourth-order valence-electron chi connectivity index (χ4n) is 1.08. The van der Waals surface area contributed by atoms with E-state index in [9.17, 15) is 4.79 Å². The van der Waals surface area contributed by atoms with E-state index in [1.54, 1.807) is 0 Å². The van der Waals surface area contributed by atoms with Crippen molar-refractivity contribution in [2.45, 2.75) is 19.8 Å². The van der Waals surface area contributed by atoms with Gasteiger partial charge in [0.2, 0.25) is 5.91 Å². The van der Waals surface area contributed by atoms with Crippen molar-refractivity contribution in [2.24, 2.45) is 0 Å². The molecule has 2 N–H and O–H groups in total. The molecule has 0 aromatic carbocycles. The van der Waals surface area contributed by atoms with Crippen LogP contribution in [0.2, 0.25) is 5.15 Å². The lowest BCUT2D eigenvalue weighted by Crippen LogP contribution is -2.25. The largest absolute Gasteiger partial charge is 0.361 e. The van der Waals surface area contributed by atoms with Crippen molar-refractivity contribution in [2.75, 3.05) is 18.4 Å². The number of rotatable bonds is 6. The van der Waals surface area contributed by atoms with Crippen molar-refractivity contribution in [1.29, 1.82) is 5.26 Å². The number of nitrogens with zero attached hydrogens (tertiary/aromatic N) is 2. The highest BCUT2D eigenvalue weighted by Crippen LogP contribution is 2.25. The average Bonchev–Trinajstić information content (AvgIpc) is 2.67. The lowest BCUT2D eigenvalue weighted by Gasteiger charge is -2.03. The second-order valence-electron chi connectivity index (χ2n) is 3.28. The number of halogens is 1. The van der Waals surface area contributed by atoms with Crippen LogP contribution in [0.3, 0.4) is 0 Å². The minimum atomic E-state index is 0.00232. The molecule has 0 aliphatic rings. The number of hydrogen-bond acceptors (Lipinski definition) is 5. The Morgan fingerprint density at radius 3 is 2.94 bits per heavy atom. The summed E-state index contributed by atoms with van der Waals surface area (Å²) in [5.41, 5.74) is 0. The Morgan fingerprint density at radius 1 is 1.59 bits per heavy atom. The van der Waals surface area contributed by atoms with Crippen LogP contribution in [-0.4, -0.2) is 24.0 Å². The van der Waals surface area contributed by atoms with Crippen LogP contribution >= 0.6 is 22.9 Å². The van der Waals surface area contributed by atoms with Crippen LogP contribution in [0.15, 0.2) is 0 Å². The van der Waals surface area contributed by atoms with E-state index >= 15 is 0 Å². The van der Waals surface area contributed by atoms with Gasteiger partial charge < -0.3 is 10.6 Å². The van der Waals surface area contributed by atoms with Gasteiger partial charge in [0.25, 0.3) is 0 Å². The Bertz CT molecular complexity index is 426. The van der Waals surface area contributed by atoms with Gasteiger partial charge in [-0.3, -0.25) is 4.79 Å². The van der Waals surface area contributed by atoms with Crippen molar-refractivity contribution in [3.63, 3.8) is 0 Å². The predicted molar refractivity (Wildman–Crippen MR) is 68.2 cm³/mol. The maximum Gasteiger partial charge on any atom is 0.221 e. The first-order chi connectivity index (χ1) is 8.17. The second-order valence-corrected chi connectivity index (χ2v) is 4.63. The van der Waals surface area contributed by atoms with E-state index in [0.717, 1.165) is 6.42 Å². The zero-order valence-corrected chi connectivity index (χ0v) is 11.0. The van der Waals surface area contributed by atoms with Gasteiger partial charge in [0.1, 0.15) is 10.9 Å². The lowest BCUT2D eigenvalue weighted by molar-refractivity contribution is -0.120. The Hall–Kier alpha value is -1.32. The topological polar surface area (TPSA) is 77.8 Å². The van der Waals surface area contributed by atoms with Crippen LogP contribution in [0, 0.1) is 11.3 Å². The van der Waals surface area contributed by atoms with Crippen LogP contribution < -0.4 is 10.6 Å². The predicted octanol–water partition coefficient (Wildman–Crippen LogP) is 2.00. The first-order valence-electron chi connectivity index (χ1n) is 5.24. The number of nitriles is 1. The molecule has 1 rings (SSSR count). The lowest BCUT2D eigenvalue weighted by atomic mass is 10.4. The van der Waals surface area contributed by atoms with Gasteiger partial charge in [-0.25, -0.2) is 4.98 Å². The molecule has 0 bridgehead atoms. The number of hydrogen-bond donors (Lipinski definition) is 2. The molecule has 1 aromatic heterocycles. The van der Waals surface area contributed by atoms with Crippen LogP contribution in [-0.2, 0) is 4.79 Å². The molecule has 0 radical (unpaired) electrons. The molecule has 0 atom stereocenters. The summed E-state index contributed by atoms with van der Waals surface area (Å²) in [6.07, 6.45) is 1.30. The number of carbonyl (C=O) groups excluding carboxylic acids is 1. The Kier molecular flexibility index (Phi) is 5.73. The Morgan fingerprint density at radius 2 is 2.35 bits per heavy atom. The summed E-state index contributed by atoms with van der Waals surface area (Å²) >= 11 is 6.89. The molecule has 5 nitrogen and oxygen atoms in total. The van der Waals surface area contributed by atoms with E-state index in [0.29, 0.717) is 29.5 Å². The molecule has 0 saturated heterocycles. The van der Waals surface area contributed by atoms with Crippen molar-refractivity contribution in [3.05, 3.63) is 10.0 Å². The second kappa shape index (κ2) is 7.09. The summed E-state index contributed by atoms with van der Waals surface area (Å²) in [6, 6.07) is 1.95. The number of carbonyl (C=O) groups is 1. The van der Waals surface area contributed by atoms with Crippen molar-refractivity contribution < 1.29 is 4.79 Å². The summed E-state index contributed by atoms with van der Waals surface area (Å²) in [7, 11) is 0. The van der Waals surface area contributed by atoms with E-state index < -0.39 is 0 Å². The quantitative estimate of drug-likeness (QED) is 0.830. The summed E-state index contributed by atoms with van der Waals surface area (Å²) in [5, 5.41) is 15.2. The smallest absolute Gasteiger partial charge is 0.221 e. The molecule has 0 spiro atoms. The molecule has 92 valence electrons. The highest BCUT2D eigenvalue weighted by Gasteiger charge is 2.08. The number of nitrogens with one attached hydrogen (secondary N) is 2. The number of anilines is 1. The molecule has 17 heavy (non-hydrogen) atoms. The first-order valence-corrected chi connectivity index (χ1v) is 6.43. The first kappa shape index (κ1) is 13.7. The van der Waals surface area contributed by atoms with E-state index in [1.165, 1.54) is 11.3 Å². The number of aromatic nitrogens is 1. The van der Waals surface area contributed by atoms with E-state index in [1.807, 2.05) is 13.0 Å². The zero-order chi connectivity index (χ0) is 12.7. The third-order valence-electron chi connectivity index (χ3n) is 1.89. The van der Waals surface area contributed by atoms with Gasteiger partial charge in [0.05, 0.1) is 0 Å². The fourth-order valence-corrected chi connectivity index (χ4v) is 2.05. The van der Waals surface area contributed by atoms with Gasteiger partial charge in [0.15, 0.2) is 10.3 Å². The van der Waals surface area contributed by atoms with Gasteiger partial charge >= 0.3 is 0 Å². The molecule has 1 aromatic rings. The van der Waals surface area contributed by atoms with Crippen molar-refractivity contribution in [3.8, 4) is 6.07 Å². The number of amides is 1. The van der Waals surface area contributed by atoms with E-state index in [-0.39, 0.29) is 11.1 Å². The fraction of sp³-hybridized carbons (Fsp3) is 0.500. The SMILES string of the molecule is CCCNC(=O)CCNc1nc(Cl)c(C#N)s1. The van der Waals surface area contributed by atoms with Gasteiger partial charge in [-0.1, -0.05) is 29.9 Å². The summed E-state index contributed by atoms with van der Waals surface area (Å²) in [4.78, 5) is 15.6. The van der Waals surface area contributed by atoms with Gasteiger partial charge in [-0.05, 0) is 6.42 Å². The maximum absolute atomic E-state index is 11.3. The molecule has 0 saturated carbocycles. The van der Waals surface area contributed by atoms with Crippen molar-refractivity contribution >= 4 is 34.0 Å². The average molecular weight is 273 g/mol. The molecule has 0 aliphatic heterocycles. The third kappa shape index (κ3) is 4.59. The van der Waals surface area contributed by atoms with Crippen LogP contribution in [0.4, 0.5) is 5.13 Å². The maximum atomic E-state index is 11.3. The van der Waals surface area contributed by atoms with Crippen molar-refractivity contribution in [1.82, 2.24) is 10.3 Å². The van der Waals surface area contributed by atoms with Gasteiger partial charge in [0, 0.05) is 19.5 Å². The minimum absolute atomic E-state index is 0.00232. The highest BCUT2D eigenvalue weighted by molar-refractivity contribution is 7.16. The molecule has 1 heterocycles. The minimum Gasteiger partial charge on any atom is -0.361 e. The molecular formula is C10H13ClN4OS. The van der Waals surface area contributed by atoms with Crippen LogP contribution in [0.5, 0.6) is 0 Å². The van der Waals surface area contributed by atoms with E-state index in [4.69, 9.17) is 16.9 Å². The van der Waals surface area contributed by atoms with Crippen LogP contribution in [0.1, 0.15) is 24.6 Å². The summed E-state index contributed by atoms with van der Waals surface area (Å²) in [6.45, 7) is 3.17. The normalized spacial score (nSPS) is 9.71. The van der Waals surface area contributed by atoms with E-state index in [2.05, 4.69) is 15.6 Å². The van der Waals surface area contributed by atoms with Crippen LogP contribution in [0.25, 0.3) is 0 Å². The molecule has 1 amide bonds. The standard InChI is InChI=1S/C10H13ClN4OS/c1-2-4-13-8(16)3-5-14-10-15-9(11)7(6-12)17-10/h2-5H2,1H3,(H,13,16)(H,14,15). The molecular weight excluding hydrogens is 260 g/mol. The Labute approximate surface area is 109 Å². The molecule has 7 heteroatoms. The Balaban J connectivity index is 2.31. The summed E-state index contributed by atoms with van der Waals surface area (Å²) in [5.74, 6) is 0.00232. The molecule has 0 unspecified atom stereocenters. The van der Waals surface area contributed by atoms with Gasteiger partial charge in [-0.15, -0.1) is 0 Å². The third-order valence-corrected chi connectivity index (χ3v) is 3.19. The monoisotopic (exact) mass is 272 g/mol. The number of thiazole rings is 1. The molecule has 0 fully saturated rings. The molecule has 0 aliphatic carbocycles. The van der Waals surface area contributed by atoms with Gasteiger partial charge in [-0.2, -0.15) is 5.26 Å². The summed E-state index contributed by atoms with van der Waals surface area (Å²) < 4.78 is 0.